The van der Waals surface area contributed by atoms with E-state index >= 15 is 4.39 Å². The molecular formula is C18H16F2N4O4S. The van der Waals surface area contributed by atoms with Gasteiger partial charge in [0, 0.05) is 30.7 Å². The summed E-state index contributed by atoms with van der Waals surface area (Å²) in [5.74, 6) is -2.03. The number of hydrogen-bond acceptors (Lipinski definition) is 5. The fourth-order valence-corrected chi connectivity index (χ4v) is 4.14. The Kier molecular flexibility index (Phi) is 5.59. The predicted octanol–water partition coefficient (Wildman–Crippen LogP) is 2.58. The summed E-state index contributed by atoms with van der Waals surface area (Å²) in [6, 6.07) is 5.45. The lowest BCUT2D eigenvalue weighted by Gasteiger charge is -2.10. The summed E-state index contributed by atoms with van der Waals surface area (Å²) in [6.45, 7) is 1.51. The molecule has 0 spiro atoms. The largest absolute Gasteiger partial charge is 0.465 e. The predicted molar refractivity (Wildman–Crippen MR) is 98.9 cm³/mol. The molecule has 0 unspecified atom stereocenters. The summed E-state index contributed by atoms with van der Waals surface area (Å²) in [7, 11) is -4.37. The molecule has 0 saturated heterocycles. The topological polar surface area (TPSA) is 114 Å². The number of halogens is 2. The molecule has 0 aliphatic heterocycles. The van der Waals surface area contributed by atoms with Crippen LogP contribution in [0.2, 0.25) is 0 Å². The Hall–Kier alpha value is -3.34. The first-order valence-electron chi connectivity index (χ1n) is 8.37. The minimum atomic E-state index is -4.37. The zero-order valence-corrected chi connectivity index (χ0v) is 15.9. The third-order valence-electron chi connectivity index (χ3n) is 4.08. The quantitative estimate of drug-likeness (QED) is 0.590. The Morgan fingerprint density at radius 3 is 2.66 bits per heavy atom. The summed E-state index contributed by atoms with van der Waals surface area (Å²) >= 11 is 0. The number of carbonyl (C=O) groups is 1. The lowest BCUT2D eigenvalue weighted by molar-refractivity contribution is 0.194. The van der Waals surface area contributed by atoms with E-state index in [1.165, 1.54) is 24.4 Å². The number of nitrogens with one attached hydrogen (secondary N) is 1. The lowest BCUT2D eigenvalue weighted by atomic mass is 10.1. The van der Waals surface area contributed by atoms with Gasteiger partial charge in [0.05, 0.1) is 5.56 Å². The van der Waals surface area contributed by atoms with E-state index in [1.807, 2.05) is 0 Å². The standard InChI is InChI=1S/C18H16F2N4O4S/c1-11-4-7-21-14(9-11)29(27,28)24-10-12(5-8-23-18(25)26)15(19)16(24)13-3-2-6-22-17(13)20/h2-4,6-7,9-10,23H,5,8H2,1H3,(H,25,26). The van der Waals surface area contributed by atoms with Crippen LogP contribution < -0.4 is 5.32 Å². The van der Waals surface area contributed by atoms with Crippen LogP contribution in [0.15, 0.2) is 47.9 Å². The molecule has 3 aromatic heterocycles. The van der Waals surface area contributed by atoms with E-state index in [0.29, 0.717) is 9.54 Å². The maximum atomic E-state index is 15.1. The van der Waals surface area contributed by atoms with Gasteiger partial charge in [-0.15, -0.1) is 0 Å². The van der Waals surface area contributed by atoms with Gasteiger partial charge in [0.2, 0.25) is 5.95 Å². The molecule has 3 heterocycles. The van der Waals surface area contributed by atoms with E-state index in [4.69, 9.17) is 5.11 Å². The molecule has 0 aliphatic carbocycles. The van der Waals surface area contributed by atoms with Crippen molar-refractivity contribution in [3.8, 4) is 11.3 Å². The minimum Gasteiger partial charge on any atom is -0.465 e. The van der Waals surface area contributed by atoms with Gasteiger partial charge in [-0.1, -0.05) is 0 Å². The van der Waals surface area contributed by atoms with Crippen LogP contribution in [0.1, 0.15) is 11.1 Å². The molecule has 0 aliphatic rings. The number of nitrogens with zero attached hydrogens (tertiary/aromatic N) is 3. The van der Waals surface area contributed by atoms with Gasteiger partial charge < -0.3 is 10.4 Å². The summed E-state index contributed by atoms with van der Waals surface area (Å²) in [5, 5.41) is 10.4. The highest BCUT2D eigenvalue weighted by atomic mass is 32.2. The van der Waals surface area contributed by atoms with Crippen LogP contribution in [0.4, 0.5) is 13.6 Å². The molecule has 0 bridgehead atoms. The van der Waals surface area contributed by atoms with Crippen LogP contribution in [0, 0.1) is 18.7 Å². The van der Waals surface area contributed by atoms with Crippen molar-refractivity contribution in [3.63, 3.8) is 0 Å². The second-order valence-corrected chi connectivity index (χ2v) is 7.87. The van der Waals surface area contributed by atoms with Crippen molar-refractivity contribution in [1.82, 2.24) is 19.3 Å². The number of hydrogen-bond donors (Lipinski definition) is 2. The van der Waals surface area contributed by atoms with Gasteiger partial charge in [0.25, 0.3) is 10.0 Å². The summed E-state index contributed by atoms with van der Waals surface area (Å²) < 4.78 is 56.3. The van der Waals surface area contributed by atoms with E-state index in [0.717, 1.165) is 12.4 Å². The maximum absolute atomic E-state index is 15.1. The second-order valence-electron chi connectivity index (χ2n) is 6.11. The van der Waals surface area contributed by atoms with Gasteiger partial charge in [0.15, 0.2) is 10.8 Å². The van der Waals surface area contributed by atoms with E-state index in [1.54, 1.807) is 13.0 Å². The first-order chi connectivity index (χ1) is 13.7. The van der Waals surface area contributed by atoms with E-state index < -0.39 is 33.6 Å². The van der Waals surface area contributed by atoms with Crippen molar-refractivity contribution in [2.75, 3.05) is 6.54 Å². The molecule has 0 atom stereocenters. The summed E-state index contributed by atoms with van der Waals surface area (Å²) in [5.41, 5.74) is -0.373. The van der Waals surface area contributed by atoms with Gasteiger partial charge in [-0.3, -0.25) is 0 Å². The van der Waals surface area contributed by atoms with Gasteiger partial charge in [-0.25, -0.2) is 23.1 Å². The highest BCUT2D eigenvalue weighted by Crippen LogP contribution is 2.31. The Morgan fingerprint density at radius 1 is 1.24 bits per heavy atom. The number of pyridine rings is 2. The summed E-state index contributed by atoms with van der Waals surface area (Å²) in [4.78, 5) is 17.9. The Bertz CT molecular complexity index is 1180. The molecule has 2 N–H and O–H groups in total. The number of aryl methyl sites for hydroxylation is 1. The molecular weight excluding hydrogens is 406 g/mol. The second kappa shape index (κ2) is 7.95. The molecule has 0 fully saturated rings. The Labute approximate surface area is 164 Å². The van der Waals surface area contributed by atoms with Crippen molar-refractivity contribution in [2.24, 2.45) is 0 Å². The van der Waals surface area contributed by atoms with Crippen LogP contribution >= 0.6 is 0 Å². The zero-order chi connectivity index (χ0) is 21.2. The van der Waals surface area contributed by atoms with Crippen molar-refractivity contribution in [3.05, 3.63) is 65.7 Å². The molecule has 0 aromatic carbocycles. The molecule has 8 nitrogen and oxygen atoms in total. The van der Waals surface area contributed by atoms with Gasteiger partial charge in [-0.2, -0.15) is 12.8 Å². The molecule has 29 heavy (non-hydrogen) atoms. The molecule has 3 rings (SSSR count). The average molecular weight is 422 g/mol. The van der Waals surface area contributed by atoms with E-state index in [-0.39, 0.29) is 29.1 Å². The summed E-state index contributed by atoms with van der Waals surface area (Å²) in [6.07, 6.45) is 2.00. The van der Waals surface area contributed by atoms with E-state index in [2.05, 4.69) is 15.3 Å². The van der Waals surface area contributed by atoms with Crippen molar-refractivity contribution >= 4 is 16.1 Å². The molecule has 0 radical (unpaired) electrons. The van der Waals surface area contributed by atoms with Crippen LogP contribution in [-0.4, -0.2) is 40.1 Å². The monoisotopic (exact) mass is 422 g/mol. The van der Waals surface area contributed by atoms with Crippen LogP contribution in [0.25, 0.3) is 11.3 Å². The highest BCUT2D eigenvalue weighted by molar-refractivity contribution is 7.90. The maximum Gasteiger partial charge on any atom is 0.404 e. The molecule has 0 saturated carbocycles. The third-order valence-corrected chi connectivity index (χ3v) is 5.64. The fourth-order valence-electron chi connectivity index (χ4n) is 2.73. The van der Waals surface area contributed by atoms with Gasteiger partial charge in [0.1, 0.15) is 5.69 Å². The number of rotatable bonds is 6. The van der Waals surface area contributed by atoms with Gasteiger partial charge in [-0.05, 0) is 43.2 Å². The highest BCUT2D eigenvalue weighted by Gasteiger charge is 2.29. The molecule has 1 amide bonds. The Balaban J connectivity index is 2.19. The normalized spacial score (nSPS) is 11.4. The van der Waals surface area contributed by atoms with Crippen LogP contribution in [0.5, 0.6) is 0 Å². The number of aromatic nitrogens is 3. The third kappa shape index (κ3) is 4.09. The number of amides is 1. The smallest absolute Gasteiger partial charge is 0.404 e. The zero-order valence-electron chi connectivity index (χ0n) is 15.1. The van der Waals surface area contributed by atoms with Gasteiger partial charge >= 0.3 is 6.09 Å². The van der Waals surface area contributed by atoms with Crippen molar-refractivity contribution in [1.29, 1.82) is 0 Å². The fraction of sp³-hybridized carbons (Fsp3) is 0.167. The molecule has 152 valence electrons. The Morgan fingerprint density at radius 2 is 2.00 bits per heavy atom. The SMILES string of the molecule is Cc1ccnc(S(=O)(=O)n2cc(CCNC(=O)O)c(F)c2-c2cccnc2F)c1. The van der Waals surface area contributed by atoms with Crippen LogP contribution in [-0.2, 0) is 16.4 Å². The van der Waals surface area contributed by atoms with Crippen molar-refractivity contribution < 1.29 is 27.1 Å². The van der Waals surface area contributed by atoms with E-state index in [9.17, 15) is 17.6 Å². The minimum absolute atomic E-state index is 0.103. The van der Waals surface area contributed by atoms with Crippen molar-refractivity contribution in [2.45, 2.75) is 18.4 Å². The average Bonchev–Trinajstić information content (AvgIpc) is 2.99. The number of carboxylic acid groups (broad SMARTS) is 1. The lowest BCUT2D eigenvalue weighted by Crippen LogP contribution is -2.23. The molecule has 3 aromatic rings. The molecule has 11 heteroatoms. The first-order valence-corrected chi connectivity index (χ1v) is 9.81. The first kappa shape index (κ1) is 20.4. The van der Waals surface area contributed by atoms with Crippen LogP contribution in [0.3, 0.4) is 0 Å².